The first-order chi connectivity index (χ1) is 9.58. The molecule has 1 aliphatic rings. The number of fused-ring (bicyclic) bond motifs is 1. The molecule has 2 N–H and O–H groups in total. The smallest absolute Gasteiger partial charge is 0.264 e. The summed E-state index contributed by atoms with van der Waals surface area (Å²) in [4.78, 5) is 16.8. The zero-order valence-electron chi connectivity index (χ0n) is 11.0. The number of nitrogens with two attached hydrogens (primary N) is 1. The summed E-state index contributed by atoms with van der Waals surface area (Å²) in [6.45, 7) is 1.98. The molecule has 1 aliphatic carbocycles. The van der Waals surface area contributed by atoms with E-state index in [0.29, 0.717) is 16.6 Å². The number of allylic oxidation sites excluding steroid dienone is 4. The quantitative estimate of drug-likeness (QED) is 0.820. The molecule has 0 saturated carbocycles. The van der Waals surface area contributed by atoms with Crippen molar-refractivity contribution in [3.63, 3.8) is 0 Å². The second-order valence-electron chi connectivity index (χ2n) is 4.88. The fraction of sp³-hybridized carbons (Fsp3) is 0.200. The molecule has 0 spiro atoms. The fourth-order valence-electron chi connectivity index (χ4n) is 2.33. The van der Waals surface area contributed by atoms with Gasteiger partial charge in [0.2, 0.25) is 5.95 Å². The number of nitrogens with zero attached hydrogens (tertiary/aromatic N) is 2. The summed E-state index contributed by atoms with van der Waals surface area (Å²) < 4.78 is 1.44. The van der Waals surface area contributed by atoms with Crippen molar-refractivity contribution in [2.75, 3.05) is 5.73 Å². The number of alkyl halides is 1. The van der Waals surface area contributed by atoms with Crippen LogP contribution in [-0.4, -0.2) is 20.8 Å². The van der Waals surface area contributed by atoms with Crippen LogP contribution >= 0.6 is 11.6 Å². The van der Waals surface area contributed by atoms with Crippen LogP contribution in [0.15, 0.2) is 48.1 Å². The lowest BCUT2D eigenvalue weighted by atomic mass is 9.97. The van der Waals surface area contributed by atoms with E-state index in [1.165, 1.54) is 4.57 Å². The minimum absolute atomic E-state index is 0.0802. The highest BCUT2D eigenvalue weighted by atomic mass is 35.5. The van der Waals surface area contributed by atoms with E-state index in [-0.39, 0.29) is 23.2 Å². The average Bonchev–Trinajstić information content (AvgIpc) is 2.77. The maximum absolute atomic E-state index is 12.6. The Bertz CT molecular complexity index is 745. The third-order valence-corrected chi connectivity index (χ3v) is 3.98. The van der Waals surface area contributed by atoms with Crippen LogP contribution in [0.4, 0.5) is 5.95 Å². The summed E-state index contributed by atoms with van der Waals surface area (Å²) in [5.74, 6) is 0.130. The second kappa shape index (κ2) is 4.80. The fourth-order valence-corrected chi connectivity index (χ4v) is 2.48. The first kappa shape index (κ1) is 12.9. The maximum Gasteiger partial charge on any atom is 0.264 e. The summed E-state index contributed by atoms with van der Waals surface area (Å²) in [6.07, 6.45) is 5.44. The minimum atomic E-state index is -0.178. The van der Waals surface area contributed by atoms with Crippen LogP contribution in [-0.2, 0) is 0 Å². The SMILES string of the molecule is CC1C=C(C(=O)n2c(N)nc3ccccc32)C=CC1Cl. The molecule has 0 fully saturated rings. The molecule has 3 rings (SSSR count). The molecule has 5 heteroatoms. The Hall–Kier alpha value is -2.07. The van der Waals surface area contributed by atoms with Crippen LogP contribution in [0.5, 0.6) is 0 Å². The number of anilines is 1. The number of halogens is 1. The van der Waals surface area contributed by atoms with Crippen LogP contribution in [0.3, 0.4) is 0 Å². The molecule has 4 nitrogen and oxygen atoms in total. The number of hydrogen-bond donors (Lipinski definition) is 1. The summed E-state index contributed by atoms with van der Waals surface area (Å²) in [5.41, 5.74) is 7.89. The number of carbonyl (C=O) groups excluding carboxylic acids is 1. The van der Waals surface area contributed by atoms with Gasteiger partial charge in [-0.25, -0.2) is 9.55 Å². The number of benzene rings is 1. The van der Waals surface area contributed by atoms with E-state index in [2.05, 4.69) is 4.98 Å². The Kier molecular flexibility index (Phi) is 3.10. The van der Waals surface area contributed by atoms with Gasteiger partial charge in [0.25, 0.3) is 5.91 Å². The number of rotatable bonds is 1. The van der Waals surface area contributed by atoms with Gasteiger partial charge in [0, 0.05) is 5.57 Å². The Morgan fingerprint density at radius 1 is 1.40 bits per heavy atom. The number of nitrogen functional groups attached to an aromatic ring is 1. The van der Waals surface area contributed by atoms with Gasteiger partial charge in [0.1, 0.15) is 0 Å². The summed E-state index contributed by atoms with van der Waals surface area (Å²) in [6, 6.07) is 7.38. The lowest BCUT2D eigenvalue weighted by Gasteiger charge is -2.17. The van der Waals surface area contributed by atoms with E-state index >= 15 is 0 Å². The number of hydrogen-bond acceptors (Lipinski definition) is 3. The lowest BCUT2D eigenvalue weighted by Crippen LogP contribution is -2.19. The highest BCUT2D eigenvalue weighted by Gasteiger charge is 2.21. The van der Waals surface area contributed by atoms with E-state index in [9.17, 15) is 4.79 Å². The number of imidazole rings is 1. The lowest BCUT2D eigenvalue weighted by molar-refractivity contribution is 0.0965. The molecule has 0 saturated heterocycles. The van der Waals surface area contributed by atoms with Crippen molar-refractivity contribution in [2.24, 2.45) is 5.92 Å². The highest BCUT2D eigenvalue weighted by Crippen LogP contribution is 2.25. The van der Waals surface area contributed by atoms with E-state index in [4.69, 9.17) is 17.3 Å². The van der Waals surface area contributed by atoms with Gasteiger partial charge in [0.15, 0.2) is 0 Å². The van der Waals surface area contributed by atoms with Crippen molar-refractivity contribution in [1.29, 1.82) is 0 Å². The topological polar surface area (TPSA) is 60.9 Å². The average molecular weight is 288 g/mol. The minimum Gasteiger partial charge on any atom is -0.369 e. The molecule has 0 aliphatic heterocycles. The molecule has 1 aromatic heterocycles. The molecule has 0 bridgehead atoms. The number of aromatic nitrogens is 2. The van der Waals surface area contributed by atoms with Crippen molar-refractivity contribution in [2.45, 2.75) is 12.3 Å². The third kappa shape index (κ3) is 2.02. The zero-order chi connectivity index (χ0) is 14.3. The van der Waals surface area contributed by atoms with Crippen molar-refractivity contribution in [3.8, 4) is 0 Å². The van der Waals surface area contributed by atoms with Gasteiger partial charge in [-0.05, 0) is 18.1 Å². The Morgan fingerprint density at radius 2 is 2.15 bits per heavy atom. The molecule has 0 amide bonds. The Labute approximate surface area is 121 Å². The predicted octanol–water partition coefficient (Wildman–Crippen LogP) is 3.00. The summed E-state index contributed by atoms with van der Waals surface area (Å²) in [5, 5.41) is -0.0802. The molecule has 2 unspecified atom stereocenters. The van der Waals surface area contributed by atoms with Crippen LogP contribution in [0, 0.1) is 5.92 Å². The molecule has 1 aromatic carbocycles. The zero-order valence-corrected chi connectivity index (χ0v) is 11.7. The summed E-state index contributed by atoms with van der Waals surface area (Å²) in [7, 11) is 0. The number of carbonyl (C=O) groups is 1. The largest absolute Gasteiger partial charge is 0.369 e. The van der Waals surface area contributed by atoms with Crippen molar-refractivity contribution >= 4 is 34.5 Å². The van der Waals surface area contributed by atoms with Crippen molar-refractivity contribution < 1.29 is 4.79 Å². The van der Waals surface area contributed by atoms with Crippen LogP contribution < -0.4 is 5.73 Å². The maximum atomic E-state index is 12.6. The van der Waals surface area contributed by atoms with E-state index in [0.717, 1.165) is 0 Å². The number of para-hydroxylation sites is 2. The van der Waals surface area contributed by atoms with Gasteiger partial charge < -0.3 is 5.73 Å². The molecule has 2 atom stereocenters. The first-order valence-corrected chi connectivity index (χ1v) is 6.83. The predicted molar refractivity (Wildman–Crippen MR) is 80.8 cm³/mol. The monoisotopic (exact) mass is 287 g/mol. The second-order valence-corrected chi connectivity index (χ2v) is 5.39. The van der Waals surface area contributed by atoms with E-state index < -0.39 is 0 Å². The standard InChI is InChI=1S/C15H14ClN3O/c1-9-8-10(6-7-11(9)16)14(20)19-13-5-3-2-4-12(13)18-15(19)17/h2-9,11H,1H3,(H2,17,18). The van der Waals surface area contributed by atoms with Gasteiger partial charge in [-0.3, -0.25) is 4.79 Å². The molecule has 0 radical (unpaired) electrons. The molecule has 102 valence electrons. The molecule has 2 aromatic rings. The van der Waals surface area contributed by atoms with Crippen LogP contribution in [0.2, 0.25) is 0 Å². The molecular formula is C15H14ClN3O. The van der Waals surface area contributed by atoms with Gasteiger partial charge in [-0.15, -0.1) is 11.6 Å². The summed E-state index contributed by atoms with van der Waals surface area (Å²) >= 11 is 6.10. The molecule has 1 heterocycles. The van der Waals surface area contributed by atoms with Gasteiger partial charge in [-0.1, -0.05) is 37.3 Å². The Balaban J connectivity index is 2.08. The van der Waals surface area contributed by atoms with Crippen LogP contribution in [0.1, 0.15) is 11.7 Å². The van der Waals surface area contributed by atoms with Gasteiger partial charge in [0.05, 0.1) is 16.4 Å². The molecular weight excluding hydrogens is 274 g/mol. The Morgan fingerprint density at radius 3 is 2.90 bits per heavy atom. The van der Waals surface area contributed by atoms with E-state index in [1.807, 2.05) is 43.3 Å². The van der Waals surface area contributed by atoms with Crippen molar-refractivity contribution in [3.05, 3.63) is 48.1 Å². The van der Waals surface area contributed by atoms with E-state index in [1.54, 1.807) is 6.08 Å². The van der Waals surface area contributed by atoms with Gasteiger partial charge >= 0.3 is 0 Å². The third-order valence-electron chi connectivity index (χ3n) is 3.44. The molecule has 20 heavy (non-hydrogen) atoms. The normalized spacial score (nSPS) is 22.0. The van der Waals surface area contributed by atoms with Gasteiger partial charge in [-0.2, -0.15) is 0 Å². The first-order valence-electron chi connectivity index (χ1n) is 6.39. The van der Waals surface area contributed by atoms with Crippen molar-refractivity contribution in [1.82, 2.24) is 9.55 Å². The van der Waals surface area contributed by atoms with Crippen LogP contribution in [0.25, 0.3) is 11.0 Å². The highest BCUT2D eigenvalue weighted by molar-refractivity contribution is 6.22.